The molecule has 0 radical (unpaired) electrons. The number of halogens is 3. The quantitative estimate of drug-likeness (QED) is 0.519. The Morgan fingerprint density at radius 2 is 1.57 bits per heavy atom. The van der Waals surface area contributed by atoms with Gasteiger partial charge in [-0.2, -0.15) is 4.31 Å². The third-order valence-corrected chi connectivity index (χ3v) is 7.49. The van der Waals surface area contributed by atoms with Gasteiger partial charge in [-0.05, 0) is 54.6 Å². The molecule has 0 unspecified atom stereocenters. The number of sulfonamides is 1. The predicted octanol–water partition coefficient (Wildman–Crippen LogP) is 3.28. The van der Waals surface area contributed by atoms with Gasteiger partial charge >= 0.3 is 6.36 Å². The van der Waals surface area contributed by atoms with Gasteiger partial charge in [-0.1, -0.05) is 0 Å². The topological polar surface area (TPSA) is 94.1 Å². The fourth-order valence-corrected chi connectivity index (χ4v) is 5.25. The van der Waals surface area contributed by atoms with E-state index in [2.05, 4.69) is 14.9 Å². The summed E-state index contributed by atoms with van der Waals surface area (Å²) in [6.45, 7) is 1.32. The number of hydrogen-bond donors (Lipinski definition) is 0. The highest BCUT2D eigenvalue weighted by atomic mass is 32.2. The number of anilines is 1. The minimum absolute atomic E-state index is 0.103. The molecule has 0 N–H and O–H groups in total. The summed E-state index contributed by atoms with van der Waals surface area (Å²) in [7, 11) is -3.86. The standard InChI is InChI=1S/C22H19F3N4O5S/c23-22(24,25)34-16-2-4-17(5-3-16)35(30,31)29-11-9-28(10-12-29)21-8-6-18(26-27-21)15-1-7-19-20(13-15)33-14-32-19/h1-8,13H,9-12,14H2. The number of rotatable bonds is 5. The third kappa shape index (κ3) is 4.95. The fourth-order valence-electron chi connectivity index (χ4n) is 3.82. The number of nitrogens with zero attached hydrogens (tertiary/aromatic N) is 4. The van der Waals surface area contributed by atoms with Gasteiger partial charge in [-0.3, -0.25) is 0 Å². The molecule has 184 valence electrons. The van der Waals surface area contributed by atoms with Gasteiger partial charge in [0.2, 0.25) is 16.8 Å². The van der Waals surface area contributed by atoms with Crippen molar-refractivity contribution in [2.45, 2.75) is 11.3 Å². The van der Waals surface area contributed by atoms with E-state index in [1.807, 2.05) is 35.2 Å². The Bertz CT molecular complexity index is 1310. The molecule has 2 aliphatic heterocycles. The van der Waals surface area contributed by atoms with Crippen molar-refractivity contribution in [2.75, 3.05) is 37.9 Å². The minimum atomic E-state index is -4.84. The molecule has 9 nitrogen and oxygen atoms in total. The van der Waals surface area contributed by atoms with Crippen LogP contribution in [0.25, 0.3) is 11.3 Å². The summed E-state index contributed by atoms with van der Waals surface area (Å²) >= 11 is 0. The second-order valence-electron chi connectivity index (χ2n) is 7.76. The van der Waals surface area contributed by atoms with Gasteiger partial charge in [0.25, 0.3) is 0 Å². The first kappa shape index (κ1) is 23.2. The molecule has 0 spiro atoms. The highest BCUT2D eigenvalue weighted by Crippen LogP contribution is 2.35. The second-order valence-corrected chi connectivity index (χ2v) is 9.69. The smallest absolute Gasteiger partial charge is 0.454 e. The normalized spacial score (nSPS) is 16.4. The van der Waals surface area contributed by atoms with E-state index < -0.39 is 22.1 Å². The molecule has 0 aliphatic carbocycles. The lowest BCUT2D eigenvalue weighted by Crippen LogP contribution is -2.49. The first-order valence-corrected chi connectivity index (χ1v) is 12.0. The van der Waals surface area contributed by atoms with Crippen LogP contribution in [0.2, 0.25) is 0 Å². The van der Waals surface area contributed by atoms with Crippen molar-refractivity contribution >= 4 is 15.8 Å². The molecule has 5 rings (SSSR count). The SMILES string of the molecule is O=S(=O)(c1ccc(OC(F)(F)F)cc1)N1CCN(c2ccc(-c3ccc4c(c3)OCO4)nn2)CC1. The lowest BCUT2D eigenvalue weighted by Gasteiger charge is -2.34. The van der Waals surface area contributed by atoms with Crippen LogP contribution < -0.4 is 19.1 Å². The van der Waals surface area contributed by atoms with E-state index in [9.17, 15) is 21.6 Å². The Hall–Kier alpha value is -3.58. The minimum Gasteiger partial charge on any atom is -0.454 e. The van der Waals surface area contributed by atoms with Crippen LogP contribution in [0.15, 0.2) is 59.5 Å². The van der Waals surface area contributed by atoms with Crippen molar-refractivity contribution in [3.63, 3.8) is 0 Å². The molecule has 2 aromatic carbocycles. The lowest BCUT2D eigenvalue weighted by atomic mass is 10.1. The van der Waals surface area contributed by atoms with E-state index in [0.717, 1.165) is 29.8 Å². The monoisotopic (exact) mass is 508 g/mol. The Kier molecular flexibility index (Phi) is 5.89. The van der Waals surface area contributed by atoms with Crippen molar-refractivity contribution < 1.29 is 35.8 Å². The van der Waals surface area contributed by atoms with Gasteiger partial charge in [0.1, 0.15) is 5.75 Å². The molecule has 0 amide bonds. The zero-order valence-electron chi connectivity index (χ0n) is 18.1. The largest absolute Gasteiger partial charge is 0.573 e. The van der Waals surface area contributed by atoms with Gasteiger partial charge in [-0.15, -0.1) is 23.4 Å². The van der Waals surface area contributed by atoms with Gasteiger partial charge in [0.15, 0.2) is 17.3 Å². The van der Waals surface area contributed by atoms with Crippen LogP contribution in [0.5, 0.6) is 17.2 Å². The average Bonchev–Trinajstić information content (AvgIpc) is 3.32. The summed E-state index contributed by atoms with van der Waals surface area (Å²) in [5.41, 5.74) is 1.49. The highest BCUT2D eigenvalue weighted by Gasteiger charge is 2.32. The molecule has 35 heavy (non-hydrogen) atoms. The first-order chi connectivity index (χ1) is 16.7. The van der Waals surface area contributed by atoms with E-state index in [-0.39, 0.29) is 24.8 Å². The fraction of sp³-hybridized carbons (Fsp3) is 0.273. The van der Waals surface area contributed by atoms with Gasteiger partial charge < -0.3 is 19.1 Å². The number of alkyl halides is 3. The third-order valence-electron chi connectivity index (χ3n) is 5.58. The van der Waals surface area contributed by atoms with Crippen LogP contribution in [-0.4, -0.2) is 62.3 Å². The summed E-state index contributed by atoms with van der Waals surface area (Å²) < 4.78 is 78.6. The second kappa shape index (κ2) is 8.89. The number of benzene rings is 2. The van der Waals surface area contributed by atoms with Crippen molar-refractivity contribution in [3.05, 3.63) is 54.6 Å². The summed E-state index contributed by atoms with van der Waals surface area (Å²) in [4.78, 5) is 1.82. The first-order valence-electron chi connectivity index (χ1n) is 10.5. The predicted molar refractivity (Wildman–Crippen MR) is 118 cm³/mol. The maximum atomic E-state index is 12.9. The molecule has 2 aliphatic rings. The highest BCUT2D eigenvalue weighted by molar-refractivity contribution is 7.89. The van der Waals surface area contributed by atoms with Crippen LogP contribution in [0.3, 0.4) is 0 Å². The summed E-state index contributed by atoms with van der Waals surface area (Å²) in [6.07, 6.45) is -4.84. The number of ether oxygens (including phenoxy) is 3. The van der Waals surface area contributed by atoms with Gasteiger partial charge in [0, 0.05) is 31.7 Å². The maximum Gasteiger partial charge on any atom is 0.573 e. The Labute approximate surface area is 198 Å². The van der Waals surface area contributed by atoms with E-state index in [1.165, 1.54) is 4.31 Å². The van der Waals surface area contributed by atoms with Crippen LogP contribution in [0, 0.1) is 0 Å². The van der Waals surface area contributed by atoms with Crippen LogP contribution >= 0.6 is 0 Å². The summed E-state index contributed by atoms with van der Waals surface area (Å²) in [5.74, 6) is 1.45. The summed E-state index contributed by atoms with van der Waals surface area (Å²) in [6, 6.07) is 13.3. The average molecular weight is 508 g/mol. The molecule has 3 aromatic rings. The number of hydrogen-bond acceptors (Lipinski definition) is 8. The maximum absolute atomic E-state index is 12.9. The van der Waals surface area contributed by atoms with Gasteiger partial charge in [0.05, 0.1) is 10.6 Å². The Morgan fingerprint density at radius 3 is 2.23 bits per heavy atom. The van der Waals surface area contributed by atoms with Crippen LogP contribution in [0.4, 0.5) is 19.0 Å². The lowest BCUT2D eigenvalue weighted by molar-refractivity contribution is -0.274. The van der Waals surface area contributed by atoms with Crippen molar-refractivity contribution in [2.24, 2.45) is 0 Å². The van der Waals surface area contributed by atoms with E-state index in [0.29, 0.717) is 36.1 Å². The molecule has 13 heteroatoms. The molecule has 0 bridgehead atoms. The Morgan fingerprint density at radius 1 is 0.857 bits per heavy atom. The molecule has 1 saturated heterocycles. The molecular formula is C22H19F3N4O5S. The zero-order valence-corrected chi connectivity index (χ0v) is 18.9. The number of fused-ring (bicyclic) bond motifs is 1. The zero-order chi connectivity index (χ0) is 24.6. The molecule has 1 fully saturated rings. The number of piperazine rings is 1. The molecule has 3 heterocycles. The molecule has 0 atom stereocenters. The van der Waals surface area contributed by atoms with Crippen molar-refractivity contribution in [1.82, 2.24) is 14.5 Å². The van der Waals surface area contributed by atoms with E-state index >= 15 is 0 Å². The van der Waals surface area contributed by atoms with Crippen molar-refractivity contribution in [3.8, 4) is 28.5 Å². The molecule has 1 aromatic heterocycles. The molecule has 0 saturated carbocycles. The number of aromatic nitrogens is 2. The summed E-state index contributed by atoms with van der Waals surface area (Å²) in [5, 5.41) is 8.57. The van der Waals surface area contributed by atoms with Crippen LogP contribution in [0.1, 0.15) is 0 Å². The molecular weight excluding hydrogens is 489 g/mol. The van der Waals surface area contributed by atoms with Crippen LogP contribution in [-0.2, 0) is 10.0 Å². The van der Waals surface area contributed by atoms with Crippen molar-refractivity contribution in [1.29, 1.82) is 0 Å². The van der Waals surface area contributed by atoms with E-state index in [1.54, 1.807) is 0 Å². The Balaban J connectivity index is 1.22. The van der Waals surface area contributed by atoms with E-state index in [4.69, 9.17) is 9.47 Å². The van der Waals surface area contributed by atoms with Gasteiger partial charge in [-0.25, -0.2) is 8.42 Å².